The molecule has 1 aromatic rings. The predicted molar refractivity (Wildman–Crippen MR) is 74.7 cm³/mol. The topological polar surface area (TPSA) is 49.3 Å². The van der Waals surface area contributed by atoms with Gasteiger partial charge in [-0.3, -0.25) is 0 Å². The van der Waals surface area contributed by atoms with E-state index in [1.54, 1.807) is 0 Å². The number of rotatable bonds is 9. The molecule has 0 aromatic heterocycles. The van der Waals surface area contributed by atoms with Crippen molar-refractivity contribution in [2.24, 2.45) is 0 Å². The molecule has 3 nitrogen and oxygen atoms in total. The van der Waals surface area contributed by atoms with Gasteiger partial charge in [-0.05, 0) is 31.4 Å². The Morgan fingerprint density at radius 1 is 1.30 bits per heavy atom. The van der Waals surface area contributed by atoms with Crippen molar-refractivity contribution >= 4 is 11.7 Å². The van der Waals surface area contributed by atoms with Crippen molar-refractivity contribution in [3.05, 3.63) is 42.5 Å². The van der Waals surface area contributed by atoms with Gasteiger partial charge in [0.2, 0.25) is 0 Å². The summed E-state index contributed by atoms with van der Waals surface area (Å²) >= 11 is 0. The molecule has 0 aliphatic rings. The Labute approximate surface area is 117 Å². The van der Waals surface area contributed by atoms with Gasteiger partial charge >= 0.3 is 5.97 Å². The Bertz CT molecular complexity index is 463. The molecule has 0 aliphatic carbocycles. The molecular weight excluding hydrogens is 264 g/mol. The summed E-state index contributed by atoms with van der Waals surface area (Å²) in [4.78, 5) is 11.1. The maximum absolute atomic E-state index is 13.1. The van der Waals surface area contributed by atoms with Crippen LogP contribution in [0.3, 0.4) is 0 Å². The smallest absolute Gasteiger partial charge is 0.326 e. The van der Waals surface area contributed by atoms with Crippen molar-refractivity contribution in [2.45, 2.75) is 38.1 Å². The van der Waals surface area contributed by atoms with Gasteiger partial charge < -0.3 is 10.4 Å². The lowest BCUT2D eigenvalue weighted by atomic mass is 10.1. The van der Waals surface area contributed by atoms with Crippen LogP contribution in [0.1, 0.15) is 32.1 Å². The number of unbranched alkanes of at least 4 members (excludes halogenated alkanes) is 3. The van der Waals surface area contributed by atoms with Crippen LogP contribution in [0.2, 0.25) is 0 Å². The molecule has 0 saturated heterocycles. The fraction of sp³-hybridized carbons (Fsp3) is 0.400. The minimum absolute atomic E-state index is 0.266. The SMILES string of the molecule is C=CCCCCCC(Nc1ccc(F)c(F)c1)C(=O)O. The molecule has 1 atom stereocenters. The van der Waals surface area contributed by atoms with E-state index < -0.39 is 23.6 Å². The lowest BCUT2D eigenvalue weighted by molar-refractivity contribution is -0.138. The molecule has 2 N–H and O–H groups in total. The van der Waals surface area contributed by atoms with Gasteiger partial charge in [-0.1, -0.05) is 18.9 Å². The van der Waals surface area contributed by atoms with Crippen LogP contribution in [-0.2, 0) is 4.79 Å². The number of allylic oxidation sites excluding steroid dienone is 1. The molecule has 110 valence electrons. The molecular formula is C15H19F2NO2. The molecule has 1 rings (SSSR count). The van der Waals surface area contributed by atoms with Gasteiger partial charge in [0.1, 0.15) is 6.04 Å². The highest BCUT2D eigenvalue weighted by Crippen LogP contribution is 2.16. The first-order valence-corrected chi connectivity index (χ1v) is 6.60. The predicted octanol–water partition coefficient (Wildman–Crippen LogP) is 3.97. The molecule has 0 radical (unpaired) electrons. The highest BCUT2D eigenvalue weighted by molar-refractivity contribution is 5.77. The van der Waals surface area contributed by atoms with Crippen LogP contribution in [-0.4, -0.2) is 17.1 Å². The molecule has 0 heterocycles. The van der Waals surface area contributed by atoms with Gasteiger partial charge in [-0.25, -0.2) is 13.6 Å². The highest BCUT2D eigenvalue weighted by atomic mass is 19.2. The number of carbonyl (C=O) groups is 1. The molecule has 20 heavy (non-hydrogen) atoms. The van der Waals surface area contributed by atoms with Crippen LogP contribution >= 0.6 is 0 Å². The number of benzene rings is 1. The average Bonchev–Trinajstić information content (AvgIpc) is 2.41. The summed E-state index contributed by atoms with van der Waals surface area (Å²) in [6.07, 6.45) is 5.81. The molecule has 0 saturated carbocycles. The fourth-order valence-corrected chi connectivity index (χ4v) is 1.86. The van der Waals surface area contributed by atoms with Crippen LogP contribution in [0.25, 0.3) is 0 Å². The zero-order valence-electron chi connectivity index (χ0n) is 11.2. The third-order valence-corrected chi connectivity index (χ3v) is 2.96. The molecule has 1 unspecified atom stereocenters. The maximum atomic E-state index is 13.1. The number of hydrogen-bond acceptors (Lipinski definition) is 2. The Morgan fingerprint density at radius 2 is 2.05 bits per heavy atom. The highest BCUT2D eigenvalue weighted by Gasteiger charge is 2.17. The van der Waals surface area contributed by atoms with E-state index in [-0.39, 0.29) is 5.69 Å². The molecule has 5 heteroatoms. The zero-order valence-corrected chi connectivity index (χ0v) is 11.2. The second-order valence-electron chi connectivity index (χ2n) is 4.59. The summed E-state index contributed by atoms with van der Waals surface area (Å²) in [5, 5.41) is 11.8. The van der Waals surface area contributed by atoms with Crippen LogP contribution in [0.4, 0.5) is 14.5 Å². The molecule has 0 amide bonds. The standard InChI is InChI=1S/C15H19F2NO2/c1-2-3-4-5-6-7-14(15(19)20)18-11-8-9-12(16)13(17)10-11/h2,8-10,14,18H,1,3-7H2,(H,19,20). The summed E-state index contributed by atoms with van der Waals surface area (Å²) in [5.74, 6) is -2.95. The molecule has 0 aliphatic heterocycles. The third-order valence-electron chi connectivity index (χ3n) is 2.96. The fourth-order valence-electron chi connectivity index (χ4n) is 1.86. The molecule has 0 fully saturated rings. The summed E-state index contributed by atoms with van der Waals surface area (Å²) in [6, 6.07) is 2.46. The van der Waals surface area contributed by atoms with Crippen LogP contribution < -0.4 is 5.32 Å². The maximum Gasteiger partial charge on any atom is 0.326 e. The largest absolute Gasteiger partial charge is 0.480 e. The van der Waals surface area contributed by atoms with Crippen molar-refractivity contribution in [1.29, 1.82) is 0 Å². The van der Waals surface area contributed by atoms with E-state index in [9.17, 15) is 13.6 Å². The Kier molecular flexibility index (Phi) is 6.70. The van der Waals surface area contributed by atoms with Gasteiger partial charge in [-0.2, -0.15) is 0 Å². The van der Waals surface area contributed by atoms with Crippen molar-refractivity contribution in [3.63, 3.8) is 0 Å². The van der Waals surface area contributed by atoms with Gasteiger partial charge in [0.25, 0.3) is 0 Å². The number of aliphatic carboxylic acids is 1. The Balaban J connectivity index is 2.51. The lowest BCUT2D eigenvalue weighted by Crippen LogP contribution is -2.29. The summed E-state index contributed by atoms with van der Waals surface area (Å²) in [7, 11) is 0. The Morgan fingerprint density at radius 3 is 2.65 bits per heavy atom. The minimum atomic E-state index is -1.00. The van der Waals surface area contributed by atoms with Gasteiger partial charge in [-0.15, -0.1) is 6.58 Å². The summed E-state index contributed by atoms with van der Waals surface area (Å²) < 4.78 is 25.8. The molecule has 0 bridgehead atoms. The third kappa shape index (κ3) is 5.38. The number of carboxylic acids is 1. The van der Waals surface area contributed by atoms with Crippen molar-refractivity contribution in [2.75, 3.05) is 5.32 Å². The second kappa shape index (κ2) is 8.30. The van der Waals surface area contributed by atoms with Crippen LogP contribution in [0.15, 0.2) is 30.9 Å². The lowest BCUT2D eigenvalue weighted by Gasteiger charge is -2.15. The quantitative estimate of drug-likeness (QED) is 0.532. The van der Waals surface area contributed by atoms with E-state index in [4.69, 9.17) is 5.11 Å². The van der Waals surface area contributed by atoms with Gasteiger partial charge in [0.15, 0.2) is 11.6 Å². The first-order valence-electron chi connectivity index (χ1n) is 6.60. The number of halogens is 2. The number of nitrogens with one attached hydrogen (secondary N) is 1. The van der Waals surface area contributed by atoms with Crippen molar-refractivity contribution < 1.29 is 18.7 Å². The Hall–Kier alpha value is -1.91. The van der Waals surface area contributed by atoms with Gasteiger partial charge in [0.05, 0.1) is 0 Å². The van der Waals surface area contributed by atoms with Crippen molar-refractivity contribution in [1.82, 2.24) is 0 Å². The molecule has 1 aromatic carbocycles. The minimum Gasteiger partial charge on any atom is -0.480 e. The summed E-state index contributed by atoms with van der Waals surface area (Å²) in [5.41, 5.74) is 0.266. The normalized spacial score (nSPS) is 11.9. The van der Waals surface area contributed by atoms with E-state index >= 15 is 0 Å². The molecule has 0 spiro atoms. The summed E-state index contributed by atoms with van der Waals surface area (Å²) in [6.45, 7) is 3.62. The first kappa shape index (κ1) is 16.1. The van der Waals surface area contributed by atoms with E-state index in [0.717, 1.165) is 37.8 Å². The first-order chi connectivity index (χ1) is 9.54. The van der Waals surface area contributed by atoms with E-state index in [2.05, 4.69) is 11.9 Å². The average molecular weight is 283 g/mol. The van der Waals surface area contributed by atoms with Crippen LogP contribution in [0.5, 0.6) is 0 Å². The number of hydrogen-bond donors (Lipinski definition) is 2. The van der Waals surface area contributed by atoms with Crippen molar-refractivity contribution in [3.8, 4) is 0 Å². The second-order valence-corrected chi connectivity index (χ2v) is 4.59. The van der Waals surface area contributed by atoms with E-state index in [1.165, 1.54) is 6.07 Å². The van der Waals surface area contributed by atoms with Gasteiger partial charge in [0, 0.05) is 11.8 Å². The number of carboxylic acid groups (broad SMARTS) is 1. The van der Waals surface area contributed by atoms with E-state index in [0.29, 0.717) is 6.42 Å². The van der Waals surface area contributed by atoms with Crippen LogP contribution in [0, 0.1) is 11.6 Å². The monoisotopic (exact) mass is 283 g/mol. The number of anilines is 1. The zero-order chi connectivity index (χ0) is 15.0. The van der Waals surface area contributed by atoms with E-state index in [1.807, 2.05) is 6.08 Å².